The van der Waals surface area contributed by atoms with Gasteiger partial charge in [0.2, 0.25) is 0 Å². The van der Waals surface area contributed by atoms with Gasteiger partial charge in [0.05, 0.1) is 44.1 Å². The third kappa shape index (κ3) is 8.54. The van der Waals surface area contributed by atoms with Crippen LogP contribution in [0, 0.1) is 13.8 Å². The lowest BCUT2D eigenvalue weighted by molar-refractivity contribution is 0.668. The molecule has 10 aromatic heterocycles. The van der Waals surface area contributed by atoms with Crippen LogP contribution in [0.3, 0.4) is 0 Å². The van der Waals surface area contributed by atoms with Crippen LogP contribution in [0.4, 0.5) is 0 Å². The summed E-state index contributed by atoms with van der Waals surface area (Å²) in [6.07, 6.45) is 15.1. The second-order valence-electron chi connectivity index (χ2n) is 25.5. The third-order valence-corrected chi connectivity index (χ3v) is 20.1. The summed E-state index contributed by atoms with van der Waals surface area (Å²) in [5, 5.41) is 13.8. The SMILES string of the molecule is Cc1cc(-n2c3ccncc3c3cnccc32)ccc1-c1ccc(-n2c3ccncc3c3cnccc32)cc1C.c1cc(-c2ccc3oc4ccc(-n5c6ccccc6c6ccccc65)cc4c3c2)cc(-c2ccc3oc4ccc(-n5c6ccccc6c6ccccc65)cc4c3c2)c1. The Morgan fingerprint density at radius 3 is 0.857 bits per heavy atom. The number of hydrogen-bond donors (Lipinski definition) is 0. The van der Waals surface area contributed by atoms with E-state index < -0.39 is 0 Å². The minimum absolute atomic E-state index is 0.881. The molecule has 98 heavy (non-hydrogen) atoms. The molecule has 0 aliphatic carbocycles. The number of para-hydroxylation sites is 4. The lowest BCUT2D eigenvalue weighted by Gasteiger charge is -2.15. The second kappa shape index (κ2) is 21.7. The van der Waals surface area contributed by atoms with Crippen LogP contribution in [0.5, 0.6) is 0 Å². The number of pyridine rings is 4. The van der Waals surface area contributed by atoms with Gasteiger partial charge in [-0.3, -0.25) is 19.9 Å². The van der Waals surface area contributed by atoms with Crippen LogP contribution >= 0.6 is 0 Å². The molecule has 0 unspecified atom stereocenters. The fourth-order valence-corrected chi connectivity index (χ4v) is 15.6. The van der Waals surface area contributed by atoms with Crippen molar-refractivity contribution < 1.29 is 8.83 Å². The lowest BCUT2D eigenvalue weighted by Crippen LogP contribution is -1.98. The molecule has 0 aliphatic heterocycles. The largest absolute Gasteiger partial charge is 0.456 e. The highest BCUT2D eigenvalue weighted by atomic mass is 16.3. The summed E-state index contributed by atoms with van der Waals surface area (Å²) < 4.78 is 22.1. The summed E-state index contributed by atoms with van der Waals surface area (Å²) in [7, 11) is 0. The first-order valence-corrected chi connectivity index (χ1v) is 33.0. The molecule has 460 valence electrons. The van der Waals surface area contributed by atoms with Crippen molar-refractivity contribution in [2.45, 2.75) is 13.8 Å². The molecular weight excluding hydrogens is 1200 g/mol. The van der Waals surface area contributed by atoms with E-state index in [1.54, 1.807) is 0 Å². The number of hydrogen-bond acceptors (Lipinski definition) is 6. The Morgan fingerprint density at radius 1 is 0.224 bits per heavy atom. The first-order valence-electron chi connectivity index (χ1n) is 33.0. The Bertz CT molecular complexity index is 6250. The number of rotatable bonds is 7. The van der Waals surface area contributed by atoms with Crippen LogP contribution < -0.4 is 0 Å². The van der Waals surface area contributed by atoms with Crippen LogP contribution in [0.25, 0.3) is 187 Å². The Kier molecular flexibility index (Phi) is 12.2. The van der Waals surface area contributed by atoms with Crippen molar-refractivity contribution in [3.63, 3.8) is 0 Å². The molecule has 0 bridgehead atoms. The van der Waals surface area contributed by atoms with Gasteiger partial charge in [-0.1, -0.05) is 115 Å². The Morgan fingerprint density at radius 2 is 0.510 bits per heavy atom. The zero-order chi connectivity index (χ0) is 64.7. The minimum Gasteiger partial charge on any atom is -0.456 e. The number of fused-ring (bicyclic) bond motifs is 18. The molecule has 0 amide bonds. The lowest BCUT2D eigenvalue weighted by atomic mass is 9.95. The fraction of sp³-hybridized carbons (Fsp3) is 0.0227. The van der Waals surface area contributed by atoms with Gasteiger partial charge in [0, 0.05) is 137 Å². The van der Waals surface area contributed by atoms with Crippen LogP contribution in [-0.2, 0) is 0 Å². The first kappa shape index (κ1) is 55.3. The average Bonchev–Trinajstić information content (AvgIpc) is 1.61. The number of aromatic nitrogens is 8. The smallest absolute Gasteiger partial charge is 0.135 e. The zero-order valence-corrected chi connectivity index (χ0v) is 53.3. The van der Waals surface area contributed by atoms with Crippen molar-refractivity contribution in [1.82, 2.24) is 38.2 Å². The summed E-state index contributed by atoms with van der Waals surface area (Å²) in [6, 6.07) is 91.3. The molecule has 0 N–H and O–H groups in total. The predicted octanol–water partition coefficient (Wildman–Crippen LogP) is 22.8. The molecule has 0 fully saturated rings. The van der Waals surface area contributed by atoms with Gasteiger partial charge in [0.1, 0.15) is 22.3 Å². The molecule has 0 saturated carbocycles. The van der Waals surface area contributed by atoms with Gasteiger partial charge in [0.25, 0.3) is 0 Å². The molecule has 0 aliphatic rings. The fourth-order valence-electron chi connectivity index (χ4n) is 15.6. The van der Waals surface area contributed by atoms with Gasteiger partial charge < -0.3 is 27.1 Å². The molecule has 0 radical (unpaired) electrons. The maximum atomic E-state index is 6.41. The van der Waals surface area contributed by atoms with Crippen LogP contribution in [0.15, 0.2) is 313 Å². The van der Waals surface area contributed by atoms with E-state index in [1.807, 2.05) is 49.6 Å². The molecule has 10 nitrogen and oxygen atoms in total. The van der Waals surface area contributed by atoms with E-state index in [2.05, 4.69) is 307 Å². The normalized spacial score (nSPS) is 12.0. The van der Waals surface area contributed by atoms with Gasteiger partial charge in [0.15, 0.2) is 0 Å². The van der Waals surface area contributed by atoms with Gasteiger partial charge in [-0.2, -0.15) is 0 Å². The molecule has 21 aromatic rings. The van der Waals surface area contributed by atoms with E-state index in [1.165, 1.54) is 65.9 Å². The van der Waals surface area contributed by atoms with Gasteiger partial charge >= 0.3 is 0 Å². The van der Waals surface area contributed by atoms with E-state index in [-0.39, 0.29) is 0 Å². The second-order valence-corrected chi connectivity index (χ2v) is 25.5. The van der Waals surface area contributed by atoms with Gasteiger partial charge in [-0.05, 0) is 198 Å². The highest BCUT2D eigenvalue weighted by molar-refractivity contribution is 6.14. The summed E-state index contributed by atoms with van der Waals surface area (Å²) >= 11 is 0. The van der Waals surface area contributed by atoms with Gasteiger partial charge in [-0.15, -0.1) is 0 Å². The minimum atomic E-state index is 0.881. The summed E-state index contributed by atoms with van der Waals surface area (Å²) in [4.78, 5) is 17.4. The quantitative estimate of drug-likeness (QED) is 0.158. The van der Waals surface area contributed by atoms with E-state index in [4.69, 9.17) is 8.83 Å². The molecular formula is C88H56N8O2. The molecule has 10 heterocycles. The predicted molar refractivity (Wildman–Crippen MR) is 402 cm³/mol. The molecule has 11 aromatic carbocycles. The summed E-state index contributed by atoms with van der Waals surface area (Å²) in [6.45, 7) is 4.38. The highest BCUT2D eigenvalue weighted by Crippen LogP contribution is 2.42. The van der Waals surface area contributed by atoms with E-state index in [9.17, 15) is 0 Å². The maximum absolute atomic E-state index is 6.41. The van der Waals surface area contributed by atoms with E-state index >= 15 is 0 Å². The monoisotopic (exact) mass is 1260 g/mol. The van der Waals surface area contributed by atoms with E-state index in [0.29, 0.717) is 0 Å². The first-order chi connectivity index (χ1) is 48.4. The van der Waals surface area contributed by atoms with Crippen molar-refractivity contribution >= 4 is 131 Å². The van der Waals surface area contributed by atoms with Crippen molar-refractivity contribution in [1.29, 1.82) is 0 Å². The molecule has 0 saturated heterocycles. The Balaban J connectivity index is 0.000000143. The van der Waals surface area contributed by atoms with Crippen LogP contribution in [0.2, 0.25) is 0 Å². The number of benzene rings is 11. The number of nitrogens with zero attached hydrogens (tertiary/aromatic N) is 8. The summed E-state index contributed by atoms with van der Waals surface area (Å²) in [5.74, 6) is 0. The topological polar surface area (TPSA) is 97.6 Å². The zero-order valence-electron chi connectivity index (χ0n) is 53.3. The maximum Gasteiger partial charge on any atom is 0.135 e. The third-order valence-electron chi connectivity index (χ3n) is 20.1. The Hall–Kier alpha value is -13.2. The molecule has 10 heteroatoms. The van der Waals surface area contributed by atoms with Crippen molar-refractivity contribution in [2.75, 3.05) is 0 Å². The van der Waals surface area contributed by atoms with Crippen molar-refractivity contribution in [2.24, 2.45) is 0 Å². The van der Waals surface area contributed by atoms with Gasteiger partial charge in [-0.25, -0.2) is 0 Å². The molecule has 0 atom stereocenters. The standard InChI is InChI=1S/C54H32N2O2.C34H24N6/c1-5-16-47-39(12-1)40-13-2-6-17-48(40)55(47)37-22-26-53-45(31-37)43-29-35(20-24-51(43)57-53)33-10-9-11-34(28-33)36-21-25-52-44(30-36)46-32-38(23-27-54(46)58-52)56-49-18-7-3-14-41(49)42-15-4-8-19-50(42)56;1-21-15-23(39-31-7-11-35-17-27(31)28-18-36-12-8-32(28)39)3-5-25(21)26-6-4-24(16-22(26)2)40-33-9-13-37-19-29(33)30-20-38-14-10-34(30)40/h1-32H;3-20H,1-2H3. The molecule has 21 rings (SSSR count). The Labute approximate surface area is 560 Å². The molecule has 0 spiro atoms. The average molecular weight is 1260 g/mol. The van der Waals surface area contributed by atoms with E-state index in [0.717, 1.165) is 132 Å². The number of furan rings is 2. The van der Waals surface area contributed by atoms with Crippen molar-refractivity contribution in [3.8, 4) is 56.1 Å². The highest BCUT2D eigenvalue weighted by Gasteiger charge is 2.21. The number of aryl methyl sites for hydroxylation is 2. The van der Waals surface area contributed by atoms with Crippen LogP contribution in [0.1, 0.15) is 11.1 Å². The van der Waals surface area contributed by atoms with Crippen molar-refractivity contribution in [3.05, 3.63) is 315 Å². The summed E-state index contributed by atoms with van der Waals surface area (Å²) in [5.41, 5.74) is 26.8. The van der Waals surface area contributed by atoms with Crippen LogP contribution in [-0.4, -0.2) is 38.2 Å².